The number of amides is 3. The van der Waals surface area contributed by atoms with Gasteiger partial charge in [-0.1, -0.05) is 12.1 Å². The molecule has 4 rings (SSSR count). The molecule has 0 unspecified atom stereocenters. The normalized spacial score (nSPS) is 23.2. The van der Waals surface area contributed by atoms with E-state index in [0.717, 1.165) is 0 Å². The SMILES string of the molecule is CC(C)=C(F)CNC(=O)[C@@H]1C[C@@]2(CO)C[C@H]2N1C(=O)Cn1nc(OC(N)=O)c2ccccc21. The predicted octanol–water partition coefficient (Wildman–Crippen LogP) is 1.23. The van der Waals surface area contributed by atoms with E-state index in [1.807, 2.05) is 0 Å². The lowest BCUT2D eigenvalue weighted by Gasteiger charge is -2.27. The Morgan fingerprint density at radius 1 is 1.30 bits per heavy atom. The van der Waals surface area contributed by atoms with Gasteiger partial charge in [0.05, 0.1) is 24.1 Å². The average Bonchev–Trinajstić information content (AvgIpc) is 3.24. The molecule has 0 radical (unpaired) electrons. The molecule has 1 aromatic heterocycles. The molecule has 1 saturated heterocycles. The van der Waals surface area contributed by atoms with E-state index in [-0.39, 0.29) is 37.5 Å². The molecule has 33 heavy (non-hydrogen) atoms. The van der Waals surface area contributed by atoms with Crippen LogP contribution in [0.2, 0.25) is 0 Å². The summed E-state index contributed by atoms with van der Waals surface area (Å²) < 4.78 is 20.2. The van der Waals surface area contributed by atoms with E-state index in [2.05, 4.69) is 10.4 Å². The Morgan fingerprint density at radius 2 is 2.03 bits per heavy atom. The summed E-state index contributed by atoms with van der Waals surface area (Å²) in [5.41, 5.74) is 5.62. The maximum Gasteiger partial charge on any atom is 0.411 e. The Kier molecular flexibility index (Phi) is 5.83. The van der Waals surface area contributed by atoms with E-state index in [1.165, 1.54) is 9.58 Å². The van der Waals surface area contributed by atoms with Crippen molar-refractivity contribution in [2.75, 3.05) is 13.2 Å². The number of piperidine rings is 1. The highest BCUT2D eigenvalue weighted by molar-refractivity contribution is 5.91. The first-order chi connectivity index (χ1) is 15.7. The third-order valence-corrected chi connectivity index (χ3v) is 6.39. The Morgan fingerprint density at radius 3 is 2.70 bits per heavy atom. The second-order valence-electron chi connectivity index (χ2n) is 8.79. The quantitative estimate of drug-likeness (QED) is 0.569. The Bertz CT molecular complexity index is 1160. The standard InChI is InChI=1S/C22H26FN5O5/c1-12(2)14(23)9-25-19(31)16-7-22(11-29)8-17(22)28(16)18(30)10-27-15-6-4-3-5-13(15)20(26-27)33-21(24)32/h3-6,16-17,29H,7-11H2,1-2H3,(H2,24,32)(H,25,31)/t16-,17+,22-/m0/s1. The van der Waals surface area contributed by atoms with Gasteiger partial charge in [0.2, 0.25) is 11.8 Å². The lowest BCUT2D eigenvalue weighted by molar-refractivity contribution is -0.140. The lowest BCUT2D eigenvalue weighted by atomic mass is 10.0. The zero-order chi connectivity index (χ0) is 23.9. The van der Waals surface area contributed by atoms with Crippen molar-refractivity contribution in [1.82, 2.24) is 20.0 Å². The Hall–Kier alpha value is -3.47. The first kappa shape index (κ1) is 22.7. The topological polar surface area (TPSA) is 140 Å². The fourth-order valence-corrected chi connectivity index (χ4v) is 4.50. The van der Waals surface area contributed by atoms with Crippen LogP contribution in [0.4, 0.5) is 9.18 Å². The number of aliphatic hydroxyl groups excluding tert-OH is 1. The first-order valence-electron chi connectivity index (χ1n) is 10.6. The number of fused-ring (bicyclic) bond motifs is 2. The van der Waals surface area contributed by atoms with Gasteiger partial charge in [0, 0.05) is 11.5 Å². The molecule has 2 fully saturated rings. The molecule has 1 aliphatic heterocycles. The molecular formula is C22H26FN5O5. The molecule has 1 aromatic carbocycles. The van der Waals surface area contributed by atoms with E-state index in [1.54, 1.807) is 38.1 Å². The van der Waals surface area contributed by atoms with Crippen LogP contribution in [0.15, 0.2) is 35.7 Å². The fourth-order valence-electron chi connectivity index (χ4n) is 4.50. The van der Waals surface area contributed by atoms with Crippen molar-refractivity contribution in [3.05, 3.63) is 35.7 Å². The number of hydrogen-bond donors (Lipinski definition) is 3. The fraction of sp³-hybridized carbons (Fsp3) is 0.455. The van der Waals surface area contributed by atoms with E-state index in [4.69, 9.17) is 10.5 Å². The third-order valence-electron chi connectivity index (χ3n) is 6.39. The number of primary amides is 1. The maximum atomic E-state index is 13.9. The molecule has 3 atom stereocenters. The van der Waals surface area contributed by atoms with Gasteiger partial charge in [-0.2, -0.15) is 0 Å². The molecule has 2 aromatic rings. The average molecular weight is 459 g/mol. The van der Waals surface area contributed by atoms with E-state index in [9.17, 15) is 23.9 Å². The predicted molar refractivity (Wildman–Crippen MR) is 116 cm³/mol. The molecule has 176 valence electrons. The molecule has 11 heteroatoms. The number of aromatic nitrogens is 2. The second-order valence-corrected chi connectivity index (χ2v) is 8.79. The zero-order valence-electron chi connectivity index (χ0n) is 18.4. The van der Waals surface area contributed by atoms with Gasteiger partial charge in [-0.25, -0.2) is 9.18 Å². The van der Waals surface area contributed by atoms with Crippen molar-refractivity contribution < 1.29 is 28.6 Å². The molecule has 0 spiro atoms. The Labute approximate surface area is 189 Å². The smallest absolute Gasteiger partial charge is 0.396 e. The number of ether oxygens (including phenoxy) is 1. The summed E-state index contributed by atoms with van der Waals surface area (Å²) in [7, 11) is 0. The third kappa shape index (κ3) is 4.15. The molecule has 3 amide bonds. The molecule has 1 saturated carbocycles. The number of rotatable bonds is 7. The summed E-state index contributed by atoms with van der Waals surface area (Å²) in [6, 6.07) is 5.79. The molecule has 10 nitrogen and oxygen atoms in total. The summed E-state index contributed by atoms with van der Waals surface area (Å²) in [4.78, 5) is 38.9. The first-order valence-corrected chi connectivity index (χ1v) is 10.6. The van der Waals surface area contributed by atoms with E-state index < -0.39 is 29.3 Å². The summed E-state index contributed by atoms with van der Waals surface area (Å²) in [6.45, 7) is 2.59. The van der Waals surface area contributed by atoms with Gasteiger partial charge in [0.15, 0.2) is 0 Å². The molecule has 1 aliphatic carbocycles. The van der Waals surface area contributed by atoms with Gasteiger partial charge >= 0.3 is 6.09 Å². The van der Waals surface area contributed by atoms with Gasteiger partial charge in [-0.05, 0) is 44.4 Å². The number of hydrogen-bond acceptors (Lipinski definition) is 6. The summed E-state index contributed by atoms with van der Waals surface area (Å²) in [5, 5.41) is 17.1. The minimum Gasteiger partial charge on any atom is -0.396 e. The number of nitrogens with one attached hydrogen (secondary N) is 1. The maximum absolute atomic E-state index is 13.9. The zero-order valence-corrected chi connectivity index (χ0v) is 18.4. The highest BCUT2D eigenvalue weighted by Gasteiger charge is 2.66. The summed E-state index contributed by atoms with van der Waals surface area (Å²) in [6.07, 6.45) is -0.128. The van der Waals surface area contributed by atoms with Crippen LogP contribution in [-0.2, 0) is 16.1 Å². The van der Waals surface area contributed by atoms with Gasteiger partial charge in [-0.15, -0.1) is 5.10 Å². The van der Waals surface area contributed by atoms with Crippen molar-refractivity contribution in [2.24, 2.45) is 11.1 Å². The number of aliphatic hydroxyl groups is 1. The number of nitrogens with zero attached hydrogens (tertiary/aromatic N) is 3. The van der Waals surface area contributed by atoms with Crippen LogP contribution < -0.4 is 15.8 Å². The number of halogens is 1. The minimum atomic E-state index is -1.03. The van der Waals surface area contributed by atoms with E-state index in [0.29, 0.717) is 29.3 Å². The van der Waals surface area contributed by atoms with Crippen molar-refractivity contribution >= 4 is 28.8 Å². The van der Waals surface area contributed by atoms with Crippen molar-refractivity contribution in [1.29, 1.82) is 0 Å². The minimum absolute atomic E-state index is 0.0186. The van der Waals surface area contributed by atoms with Crippen LogP contribution in [0.1, 0.15) is 26.7 Å². The molecule has 4 N–H and O–H groups in total. The number of likely N-dealkylation sites (tertiary alicyclic amines) is 1. The van der Waals surface area contributed by atoms with Gasteiger partial charge in [0.25, 0.3) is 5.88 Å². The monoisotopic (exact) mass is 459 g/mol. The van der Waals surface area contributed by atoms with Crippen molar-refractivity contribution in [3.8, 4) is 5.88 Å². The van der Waals surface area contributed by atoms with Crippen molar-refractivity contribution in [2.45, 2.75) is 45.3 Å². The second kappa shape index (κ2) is 8.47. The number of carbonyl (C=O) groups excluding carboxylic acids is 3. The molecule has 0 bridgehead atoms. The van der Waals surface area contributed by atoms with Crippen LogP contribution in [0, 0.1) is 5.41 Å². The number of para-hydroxylation sites is 1. The molecular weight excluding hydrogens is 433 g/mol. The van der Waals surface area contributed by atoms with Gasteiger partial charge in [-0.3, -0.25) is 14.3 Å². The van der Waals surface area contributed by atoms with Crippen molar-refractivity contribution in [3.63, 3.8) is 0 Å². The molecule has 2 aliphatic rings. The lowest BCUT2D eigenvalue weighted by Crippen LogP contribution is -2.49. The Balaban J connectivity index is 1.57. The number of carbonyl (C=O) groups is 3. The van der Waals surface area contributed by atoms with Gasteiger partial charge < -0.3 is 25.8 Å². The summed E-state index contributed by atoms with van der Waals surface area (Å²) in [5.74, 6) is -1.31. The van der Waals surface area contributed by atoms with Gasteiger partial charge in [0.1, 0.15) is 18.4 Å². The number of benzene rings is 1. The van der Waals surface area contributed by atoms with Crippen LogP contribution in [-0.4, -0.2) is 62.9 Å². The van der Waals surface area contributed by atoms with E-state index >= 15 is 0 Å². The summed E-state index contributed by atoms with van der Waals surface area (Å²) >= 11 is 0. The van der Waals surface area contributed by atoms with Crippen LogP contribution in [0.5, 0.6) is 5.88 Å². The highest BCUT2D eigenvalue weighted by atomic mass is 19.1. The number of nitrogens with two attached hydrogens (primary N) is 1. The van der Waals surface area contributed by atoms with Crippen LogP contribution >= 0.6 is 0 Å². The van der Waals surface area contributed by atoms with Crippen LogP contribution in [0.3, 0.4) is 0 Å². The van der Waals surface area contributed by atoms with Crippen LogP contribution in [0.25, 0.3) is 10.9 Å². The highest BCUT2D eigenvalue weighted by Crippen LogP contribution is 2.59. The number of allylic oxidation sites excluding steroid dienone is 1. The molecule has 2 heterocycles. The largest absolute Gasteiger partial charge is 0.411 e.